The molecule has 1 saturated heterocycles. The highest BCUT2D eigenvalue weighted by Crippen LogP contribution is 2.35. The molecule has 0 bridgehead atoms. The summed E-state index contributed by atoms with van der Waals surface area (Å²) < 4.78 is 7.44. The van der Waals surface area contributed by atoms with Crippen LogP contribution in [0.1, 0.15) is 11.3 Å². The summed E-state index contributed by atoms with van der Waals surface area (Å²) in [7, 11) is 0. The van der Waals surface area contributed by atoms with E-state index in [0.29, 0.717) is 13.2 Å². The molecule has 0 spiro atoms. The first-order valence-electron chi connectivity index (χ1n) is 5.53. The van der Waals surface area contributed by atoms with Gasteiger partial charge in [0.15, 0.2) is 0 Å². The lowest BCUT2D eigenvalue weighted by molar-refractivity contribution is -0.0868. The molecule has 84 valence electrons. The molecule has 3 heterocycles. The first-order valence-corrected chi connectivity index (χ1v) is 5.53. The fourth-order valence-electron chi connectivity index (χ4n) is 2.58. The van der Waals surface area contributed by atoms with Gasteiger partial charge in [-0.05, 0) is 30.7 Å². The Bertz CT molecular complexity index is 520. The average molecular weight is 217 g/mol. The van der Waals surface area contributed by atoms with Crippen LogP contribution in [-0.4, -0.2) is 29.3 Å². The molecule has 16 heavy (non-hydrogen) atoms. The van der Waals surface area contributed by atoms with Crippen LogP contribution >= 0.6 is 0 Å². The largest absolute Gasteiger partial charge is 0.395 e. The number of pyridine rings is 1. The van der Waals surface area contributed by atoms with Gasteiger partial charge in [0.05, 0.1) is 25.2 Å². The van der Waals surface area contributed by atoms with E-state index in [-0.39, 0.29) is 12.0 Å². The van der Waals surface area contributed by atoms with E-state index in [2.05, 4.69) is 23.5 Å². The van der Waals surface area contributed by atoms with Gasteiger partial charge in [0.2, 0.25) is 0 Å². The van der Waals surface area contributed by atoms with Crippen molar-refractivity contribution >= 4 is 5.52 Å². The fraction of sp³-hybridized carbons (Fsp3) is 0.385. The molecule has 3 nitrogen and oxygen atoms in total. The molecule has 1 fully saturated rings. The number of ether oxygens (including phenoxy) is 1. The predicted molar refractivity (Wildman–Crippen MR) is 61.7 cm³/mol. The maximum atomic E-state index is 9.60. The zero-order chi connectivity index (χ0) is 11.2. The summed E-state index contributed by atoms with van der Waals surface area (Å²) in [5, 5.41) is 9.60. The number of aromatic nitrogens is 1. The molecule has 0 radical (unpaired) electrons. The molecule has 1 aliphatic heterocycles. The van der Waals surface area contributed by atoms with Crippen molar-refractivity contribution in [3.8, 4) is 0 Å². The summed E-state index contributed by atoms with van der Waals surface area (Å²) >= 11 is 0. The van der Waals surface area contributed by atoms with E-state index in [1.165, 1.54) is 16.8 Å². The third kappa shape index (κ3) is 1.16. The molecule has 1 N–H and O–H groups in total. The third-order valence-electron chi connectivity index (χ3n) is 3.43. The first kappa shape index (κ1) is 9.87. The van der Waals surface area contributed by atoms with Crippen LogP contribution in [0.25, 0.3) is 5.52 Å². The van der Waals surface area contributed by atoms with Crippen molar-refractivity contribution in [2.75, 3.05) is 19.8 Å². The zero-order valence-corrected chi connectivity index (χ0v) is 9.31. The topological polar surface area (TPSA) is 33.9 Å². The highest BCUT2D eigenvalue weighted by atomic mass is 16.5. The second-order valence-electron chi connectivity index (χ2n) is 4.60. The molecule has 3 rings (SSSR count). The van der Waals surface area contributed by atoms with Crippen molar-refractivity contribution in [2.45, 2.75) is 12.3 Å². The van der Waals surface area contributed by atoms with Crippen molar-refractivity contribution in [2.24, 2.45) is 0 Å². The third-order valence-corrected chi connectivity index (χ3v) is 3.43. The maximum Gasteiger partial charge on any atom is 0.0809 e. The second kappa shape index (κ2) is 3.34. The van der Waals surface area contributed by atoms with E-state index >= 15 is 0 Å². The van der Waals surface area contributed by atoms with Crippen LogP contribution in [0.4, 0.5) is 0 Å². The van der Waals surface area contributed by atoms with Crippen molar-refractivity contribution < 1.29 is 9.84 Å². The Hall–Kier alpha value is -1.32. The number of rotatable bonds is 2. The van der Waals surface area contributed by atoms with Crippen LogP contribution in [0, 0.1) is 6.92 Å². The standard InChI is InChI=1S/C13H15NO2/c1-10-6-11-4-2-3-5-14(11)12(10)13(7-15)8-16-9-13/h2-6,15H,7-9H2,1H3. The van der Waals surface area contributed by atoms with Gasteiger partial charge in [-0.1, -0.05) is 6.07 Å². The van der Waals surface area contributed by atoms with Crippen LogP contribution in [0.15, 0.2) is 30.5 Å². The minimum atomic E-state index is -0.197. The average Bonchev–Trinajstić information content (AvgIpc) is 2.56. The highest BCUT2D eigenvalue weighted by molar-refractivity contribution is 5.55. The zero-order valence-electron chi connectivity index (χ0n) is 9.31. The van der Waals surface area contributed by atoms with Gasteiger partial charge in [-0.2, -0.15) is 0 Å². The number of hydrogen-bond donors (Lipinski definition) is 1. The summed E-state index contributed by atoms with van der Waals surface area (Å²) in [6.45, 7) is 3.48. The number of nitrogens with zero attached hydrogens (tertiary/aromatic N) is 1. The molecular weight excluding hydrogens is 202 g/mol. The van der Waals surface area contributed by atoms with E-state index < -0.39 is 0 Å². The lowest BCUT2D eigenvalue weighted by Crippen LogP contribution is -2.50. The van der Waals surface area contributed by atoms with Gasteiger partial charge in [-0.25, -0.2) is 0 Å². The first-order chi connectivity index (χ1) is 7.77. The smallest absolute Gasteiger partial charge is 0.0809 e. The highest BCUT2D eigenvalue weighted by Gasteiger charge is 2.42. The van der Waals surface area contributed by atoms with Crippen LogP contribution in [0.5, 0.6) is 0 Å². The lowest BCUT2D eigenvalue weighted by atomic mass is 9.81. The van der Waals surface area contributed by atoms with Gasteiger partial charge < -0.3 is 14.2 Å². The molecule has 0 atom stereocenters. The molecule has 0 aliphatic carbocycles. The van der Waals surface area contributed by atoms with Crippen molar-refractivity contribution in [3.05, 3.63) is 41.7 Å². The molecule has 0 amide bonds. The monoisotopic (exact) mass is 217 g/mol. The summed E-state index contributed by atoms with van der Waals surface area (Å²) in [5.74, 6) is 0. The second-order valence-corrected chi connectivity index (χ2v) is 4.60. The number of aryl methyl sites for hydroxylation is 1. The lowest BCUT2D eigenvalue weighted by Gasteiger charge is -2.40. The molecule has 2 aromatic heterocycles. The van der Waals surface area contributed by atoms with E-state index in [4.69, 9.17) is 4.74 Å². The Morgan fingerprint density at radius 2 is 2.25 bits per heavy atom. The SMILES string of the molecule is Cc1cc2ccccn2c1C1(CO)COC1. The molecule has 0 unspecified atom stereocenters. The Morgan fingerprint density at radius 1 is 1.44 bits per heavy atom. The predicted octanol–water partition coefficient (Wildman–Crippen LogP) is 1.51. The van der Waals surface area contributed by atoms with Gasteiger partial charge >= 0.3 is 0 Å². The number of aliphatic hydroxyl groups excluding tert-OH is 1. The van der Waals surface area contributed by atoms with Crippen LogP contribution in [0.3, 0.4) is 0 Å². The van der Waals surface area contributed by atoms with Crippen molar-refractivity contribution in [3.63, 3.8) is 0 Å². The summed E-state index contributed by atoms with van der Waals surface area (Å²) in [6.07, 6.45) is 2.05. The minimum Gasteiger partial charge on any atom is -0.395 e. The Labute approximate surface area is 94.3 Å². The molecule has 3 heteroatoms. The van der Waals surface area contributed by atoms with E-state index in [9.17, 15) is 5.11 Å². The van der Waals surface area contributed by atoms with Crippen molar-refractivity contribution in [1.29, 1.82) is 0 Å². The maximum absolute atomic E-state index is 9.60. The van der Waals surface area contributed by atoms with Gasteiger partial charge in [-0.15, -0.1) is 0 Å². The summed E-state index contributed by atoms with van der Waals surface area (Å²) in [4.78, 5) is 0. The minimum absolute atomic E-state index is 0.148. The van der Waals surface area contributed by atoms with Crippen molar-refractivity contribution in [1.82, 2.24) is 4.40 Å². The number of hydrogen-bond acceptors (Lipinski definition) is 2. The molecule has 1 aliphatic rings. The molecular formula is C13H15NO2. The summed E-state index contributed by atoms with van der Waals surface area (Å²) in [5.41, 5.74) is 3.40. The molecule has 0 aromatic carbocycles. The van der Waals surface area contributed by atoms with Gasteiger partial charge in [-0.3, -0.25) is 0 Å². The van der Waals surface area contributed by atoms with Gasteiger partial charge in [0, 0.05) is 17.4 Å². The van der Waals surface area contributed by atoms with E-state index in [1.54, 1.807) is 0 Å². The normalized spacial score (nSPS) is 18.6. The number of fused-ring (bicyclic) bond motifs is 1. The fourth-order valence-corrected chi connectivity index (χ4v) is 2.58. The Kier molecular flexibility index (Phi) is 2.06. The van der Waals surface area contributed by atoms with E-state index in [0.717, 1.165) is 0 Å². The molecule has 2 aromatic rings. The van der Waals surface area contributed by atoms with Crippen LogP contribution < -0.4 is 0 Å². The number of aliphatic hydroxyl groups is 1. The Morgan fingerprint density at radius 3 is 2.88 bits per heavy atom. The van der Waals surface area contributed by atoms with Gasteiger partial charge in [0.25, 0.3) is 0 Å². The quantitative estimate of drug-likeness (QED) is 0.827. The molecule has 0 saturated carbocycles. The van der Waals surface area contributed by atoms with Gasteiger partial charge in [0.1, 0.15) is 0 Å². The van der Waals surface area contributed by atoms with Crippen LogP contribution in [-0.2, 0) is 10.2 Å². The Balaban J connectivity index is 2.26. The van der Waals surface area contributed by atoms with Crippen LogP contribution in [0.2, 0.25) is 0 Å². The van der Waals surface area contributed by atoms with E-state index in [1.807, 2.05) is 18.3 Å². The summed E-state index contributed by atoms with van der Waals surface area (Å²) in [6, 6.07) is 8.29.